The molecule has 21 heavy (non-hydrogen) atoms. The van der Waals surface area contributed by atoms with Crippen LogP contribution in [0, 0.1) is 0 Å². The van der Waals surface area contributed by atoms with Crippen LogP contribution in [0.4, 0.5) is 0 Å². The minimum Gasteiger partial charge on any atom is -0.346 e. The van der Waals surface area contributed by atoms with Gasteiger partial charge in [0.05, 0.1) is 0 Å². The number of aromatic amines is 1. The Bertz CT molecular complexity index is 880. The third-order valence-electron chi connectivity index (χ3n) is 3.61. The predicted molar refractivity (Wildman–Crippen MR) is 84.8 cm³/mol. The number of rotatable bonds is 2. The first-order valence-electron chi connectivity index (χ1n) is 6.85. The highest BCUT2D eigenvalue weighted by molar-refractivity contribution is 5.95. The van der Waals surface area contributed by atoms with Crippen molar-refractivity contribution >= 4 is 11.0 Å². The summed E-state index contributed by atoms with van der Waals surface area (Å²) < 4.78 is 0. The van der Waals surface area contributed by atoms with Crippen LogP contribution >= 0.6 is 0 Å². The zero-order valence-corrected chi connectivity index (χ0v) is 11.3. The molecule has 0 saturated heterocycles. The average Bonchev–Trinajstić information content (AvgIpc) is 2.99. The highest BCUT2D eigenvalue weighted by Crippen LogP contribution is 2.30. The van der Waals surface area contributed by atoms with E-state index >= 15 is 0 Å². The van der Waals surface area contributed by atoms with E-state index in [2.05, 4.69) is 39.2 Å². The van der Waals surface area contributed by atoms with Crippen molar-refractivity contribution in [2.45, 2.75) is 0 Å². The van der Waals surface area contributed by atoms with E-state index in [0.717, 1.165) is 27.7 Å². The molecule has 0 aliphatic rings. The van der Waals surface area contributed by atoms with Crippen LogP contribution in [0.25, 0.3) is 33.3 Å². The Labute approximate surface area is 122 Å². The van der Waals surface area contributed by atoms with Gasteiger partial charge in [-0.15, -0.1) is 0 Å². The predicted octanol–water partition coefficient (Wildman–Crippen LogP) is 4.29. The van der Waals surface area contributed by atoms with Gasteiger partial charge in [0, 0.05) is 46.9 Å². The molecule has 0 unspecified atom stereocenters. The van der Waals surface area contributed by atoms with E-state index < -0.39 is 0 Å². The van der Waals surface area contributed by atoms with Crippen LogP contribution in [0.3, 0.4) is 0 Å². The molecular weight excluding hydrogens is 258 g/mol. The van der Waals surface area contributed by atoms with E-state index in [0.29, 0.717) is 0 Å². The summed E-state index contributed by atoms with van der Waals surface area (Å²) >= 11 is 0. The number of fused-ring (bicyclic) bond motifs is 1. The molecule has 0 amide bonds. The van der Waals surface area contributed by atoms with Crippen LogP contribution in [0.1, 0.15) is 0 Å². The lowest BCUT2D eigenvalue weighted by Crippen LogP contribution is -1.82. The third-order valence-corrected chi connectivity index (χ3v) is 3.61. The fourth-order valence-corrected chi connectivity index (χ4v) is 2.55. The van der Waals surface area contributed by atoms with Gasteiger partial charge < -0.3 is 4.98 Å². The van der Waals surface area contributed by atoms with E-state index in [1.54, 1.807) is 6.20 Å². The zero-order valence-electron chi connectivity index (χ0n) is 11.3. The number of H-pyrrole nitrogens is 1. The maximum Gasteiger partial charge on any atom is 0.137 e. The van der Waals surface area contributed by atoms with Gasteiger partial charge in [-0.05, 0) is 17.7 Å². The van der Waals surface area contributed by atoms with Crippen LogP contribution in [0.5, 0.6) is 0 Å². The highest BCUT2D eigenvalue weighted by Gasteiger charge is 2.08. The van der Waals surface area contributed by atoms with E-state index in [4.69, 9.17) is 0 Å². The number of benzene rings is 1. The van der Waals surface area contributed by atoms with Crippen molar-refractivity contribution in [1.29, 1.82) is 0 Å². The second-order valence-corrected chi connectivity index (χ2v) is 4.93. The molecule has 0 bridgehead atoms. The van der Waals surface area contributed by atoms with Crippen molar-refractivity contribution in [3.8, 4) is 22.3 Å². The number of hydrogen-bond donors (Lipinski definition) is 1. The summed E-state index contributed by atoms with van der Waals surface area (Å²) in [7, 11) is 0. The van der Waals surface area contributed by atoms with Gasteiger partial charge in [0.1, 0.15) is 5.65 Å². The highest BCUT2D eigenvalue weighted by atomic mass is 14.8. The molecule has 0 spiro atoms. The van der Waals surface area contributed by atoms with Crippen molar-refractivity contribution < 1.29 is 0 Å². The van der Waals surface area contributed by atoms with Crippen molar-refractivity contribution in [3.05, 3.63) is 73.3 Å². The standard InChI is InChI=1S/C18H13N3/c1-2-5-13(6-3-1)15-9-16-17(12-21-18(16)20-11-15)14-7-4-8-19-10-14/h1-12H,(H,20,21). The van der Waals surface area contributed by atoms with E-state index in [1.165, 1.54) is 5.56 Å². The molecule has 3 nitrogen and oxygen atoms in total. The second kappa shape index (κ2) is 4.87. The first-order chi connectivity index (χ1) is 10.4. The topological polar surface area (TPSA) is 41.6 Å². The Kier molecular flexibility index (Phi) is 2.75. The van der Waals surface area contributed by atoms with E-state index in [1.807, 2.05) is 42.9 Å². The summed E-state index contributed by atoms with van der Waals surface area (Å²) in [4.78, 5) is 11.9. The smallest absolute Gasteiger partial charge is 0.137 e. The summed E-state index contributed by atoms with van der Waals surface area (Å²) in [6.45, 7) is 0. The molecule has 0 aliphatic carbocycles. The fraction of sp³-hybridized carbons (Fsp3) is 0. The van der Waals surface area contributed by atoms with Crippen molar-refractivity contribution in [1.82, 2.24) is 15.0 Å². The SMILES string of the molecule is c1ccc(-c2cnc3[nH]cc(-c4cccnc4)c3c2)cc1. The summed E-state index contributed by atoms with van der Waals surface area (Å²) in [6, 6.07) is 16.5. The largest absolute Gasteiger partial charge is 0.346 e. The summed E-state index contributed by atoms with van der Waals surface area (Å²) in [6.07, 6.45) is 7.55. The quantitative estimate of drug-likeness (QED) is 0.591. The van der Waals surface area contributed by atoms with Crippen molar-refractivity contribution in [2.24, 2.45) is 0 Å². The second-order valence-electron chi connectivity index (χ2n) is 4.93. The van der Waals surface area contributed by atoms with Crippen LogP contribution in [-0.4, -0.2) is 15.0 Å². The molecule has 3 heterocycles. The van der Waals surface area contributed by atoms with Crippen molar-refractivity contribution in [3.63, 3.8) is 0 Å². The average molecular weight is 271 g/mol. The molecule has 0 aliphatic heterocycles. The van der Waals surface area contributed by atoms with Crippen LogP contribution in [-0.2, 0) is 0 Å². The lowest BCUT2D eigenvalue weighted by atomic mass is 10.0. The summed E-state index contributed by atoms with van der Waals surface area (Å²) in [5.41, 5.74) is 5.41. The fourth-order valence-electron chi connectivity index (χ4n) is 2.55. The van der Waals surface area contributed by atoms with Gasteiger partial charge in [0.2, 0.25) is 0 Å². The number of nitrogens with zero attached hydrogens (tertiary/aromatic N) is 2. The molecule has 0 radical (unpaired) electrons. The first kappa shape index (κ1) is 11.9. The Morgan fingerprint density at radius 2 is 1.67 bits per heavy atom. The summed E-state index contributed by atoms with van der Waals surface area (Å²) in [5.74, 6) is 0. The van der Waals surface area contributed by atoms with Gasteiger partial charge in [-0.1, -0.05) is 36.4 Å². The van der Waals surface area contributed by atoms with Gasteiger partial charge in [-0.25, -0.2) is 4.98 Å². The minimum absolute atomic E-state index is 0.897. The molecule has 0 fully saturated rings. The molecule has 1 N–H and O–H groups in total. The van der Waals surface area contributed by atoms with Gasteiger partial charge in [0.25, 0.3) is 0 Å². The van der Waals surface area contributed by atoms with Crippen LogP contribution in [0.2, 0.25) is 0 Å². The third kappa shape index (κ3) is 2.09. The van der Waals surface area contributed by atoms with Gasteiger partial charge >= 0.3 is 0 Å². The first-order valence-corrected chi connectivity index (χ1v) is 6.85. The van der Waals surface area contributed by atoms with Gasteiger partial charge in [-0.3, -0.25) is 4.98 Å². The Morgan fingerprint density at radius 3 is 2.48 bits per heavy atom. The van der Waals surface area contributed by atoms with Gasteiger partial charge in [0.15, 0.2) is 0 Å². The Hall–Kier alpha value is -2.94. The summed E-state index contributed by atoms with van der Waals surface area (Å²) in [5, 5.41) is 1.12. The minimum atomic E-state index is 0.897. The van der Waals surface area contributed by atoms with E-state index in [-0.39, 0.29) is 0 Å². The zero-order chi connectivity index (χ0) is 14.1. The number of hydrogen-bond acceptors (Lipinski definition) is 2. The Morgan fingerprint density at radius 1 is 0.810 bits per heavy atom. The molecule has 3 aromatic heterocycles. The number of aromatic nitrogens is 3. The van der Waals surface area contributed by atoms with Crippen molar-refractivity contribution in [2.75, 3.05) is 0 Å². The maximum atomic E-state index is 4.53. The van der Waals surface area contributed by atoms with Crippen LogP contribution < -0.4 is 0 Å². The molecule has 3 heteroatoms. The lowest BCUT2D eigenvalue weighted by molar-refractivity contribution is 1.32. The molecule has 0 saturated carbocycles. The molecular formula is C18H13N3. The molecule has 4 rings (SSSR count). The van der Waals surface area contributed by atoms with Gasteiger partial charge in [-0.2, -0.15) is 0 Å². The molecule has 0 atom stereocenters. The Balaban J connectivity index is 1.91. The molecule has 1 aromatic carbocycles. The van der Waals surface area contributed by atoms with E-state index in [9.17, 15) is 0 Å². The van der Waals surface area contributed by atoms with Crippen LogP contribution in [0.15, 0.2) is 73.3 Å². The molecule has 4 aromatic rings. The normalized spacial score (nSPS) is 10.9. The number of nitrogens with one attached hydrogen (secondary N) is 1. The monoisotopic (exact) mass is 271 g/mol. The molecule has 100 valence electrons. The number of pyridine rings is 2. The lowest BCUT2D eigenvalue weighted by Gasteiger charge is -2.03. The maximum absolute atomic E-state index is 4.53.